The zero-order chi connectivity index (χ0) is 12.1. The second kappa shape index (κ2) is 6.23. The first-order valence-corrected chi connectivity index (χ1v) is 6.02. The largest absolute Gasteiger partial charge is 0.348 e. The molecule has 0 saturated carbocycles. The monoisotopic (exact) mass is 304 g/mol. The summed E-state index contributed by atoms with van der Waals surface area (Å²) < 4.78 is 0.950. The normalized spacial score (nSPS) is 10.2. The highest BCUT2D eigenvalue weighted by Gasteiger charge is 2.04. The zero-order valence-electron chi connectivity index (χ0n) is 9.26. The second-order valence-electron chi connectivity index (χ2n) is 3.63. The Bertz CT molecular complexity index is 382. The molecule has 0 aliphatic heterocycles. The maximum absolute atomic E-state index is 11.3. The van der Waals surface area contributed by atoms with Gasteiger partial charge in [-0.1, -0.05) is 33.6 Å². The van der Waals surface area contributed by atoms with Crippen molar-refractivity contribution in [1.82, 2.24) is 10.2 Å². The number of amides is 1. The van der Waals surface area contributed by atoms with Gasteiger partial charge in [-0.05, 0) is 17.7 Å². The highest BCUT2D eigenvalue weighted by molar-refractivity contribution is 9.10. The summed E-state index contributed by atoms with van der Waals surface area (Å²) >= 11 is 9.38. The average Bonchev–Trinajstić information content (AvgIpc) is 2.20. The lowest BCUT2D eigenvalue weighted by Gasteiger charge is -2.11. The summed E-state index contributed by atoms with van der Waals surface area (Å²) in [6.45, 7) is 0.908. The van der Waals surface area contributed by atoms with E-state index in [9.17, 15) is 4.79 Å². The van der Waals surface area contributed by atoms with Crippen LogP contribution in [0, 0.1) is 0 Å². The summed E-state index contributed by atoms with van der Waals surface area (Å²) in [5.41, 5.74) is 0.983. The highest BCUT2D eigenvalue weighted by Crippen LogP contribution is 2.20. The number of hydrogen-bond acceptors (Lipinski definition) is 2. The van der Waals surface area contributed by atoms with Gasteiger partial charge in [0.25, 0.3) is 0 Å². The fraction of sp³-hybridized carbons (Fsp3) is 0.364. The molecule has 88 valence electrons. The quantitative estimate of drug-likeness (QED) is 0.925. The first kappa shape index (κ1) is 13.5. The van der Waals surface area contributed by atoms with E-state index in [0.717, 1.165) is 10.0 Å². The van der Waals surface area contributed by atoms with E-state index < -0.39 is 0 Å². The number of hydrogen-bond donors (Lipinski definition) is 1. The van der Waals surface area contributed by atoms with Crippen LogP contribution >= 0.6 is 27.5 Å². The predicted molar refractivity (Wildman–Crippen MR) is 69.6 cm³/mol. The van der Waals surface area contributed by atoms with Crippen LogP contribution in [0.15, 0.2) is 22.7 Å². The van der Waals surface area contributed by atoms with Crippen molar-refractivity contribution in [2.45, 2.75) is 6.54 Å². The van der Waals surface area contributed by atoms with E-state index in [2.05, 4.69) is 21.2 Å². The van der Waals surface area contributed by atoms with Gasteiger partial charge in [-0.3, -0.25) is 4.79 Å². The lowest BCUT2D eigenvalue weighted by atomic mass is 10.2. The summed E-state index contributed by atoms with van der Waals surface area (Å²) in [7, 11) is 3.47. The topological polar surface area (TPSA) is 32.3 Å². The molecule has 0 spiro atoms. The van der Waals surface area contributed by atoms with Gasteiger partial charge in [0.15, 0.2) is 0 Å². The number of carbonyl (C=O) groups excluding carboxylic acids is 1. The molecule has 3 nitrogen and oxygen atoms in total. The van der Waals surface area contributed by atoms with Crippen molar-refractivity contribution in [3.63, 3.8) is 0 Å². The second-order valence-corrected chi connectivity index (χ2v) is 4.95. The van der Waals surface area contributed by atoms with Gasteiger partial charge in [0.1, 0.15) is 0 Å². The fourth-order valence-electron chi connectivity index (χ4n) is 1.13. The van der Waals surface area contributed by atoms with Crippen molar-refractivity contribution in [3.05, 3.63) is 33.3 Å². The summed E-state index contributed by atoms with van der Waals surface area (Å²) in [6.07, 6.45) is 0. The maximum atomic E-state index is 11.3. The summed E-state index contributed by atoms with van der Waals surface area (Å²) in [6, 6.07) is 5.70. The molecule has 1 aromatic rings. The Hall–Kier alpha value is -0.580. The number of rotatable bonds is 4. The molecule has 0 aliphatic rings. The molecule has 16 heavy (non-hydrogen) atoms. The number of nitrogens with zero attached hydrogens (tertiary/aromatic N) is 1. The minimum absolute atomic E-state index is 0.0493. The van der Waals surface area contributed by atoms with Crippen LogP contribution in [0.3, 0.4) is 0 Å². The van der Waals surface area contributed by atoms with Crippen molar-refractivity contribution in [3.8, 4) is 0 Å². The van der Waals surface area contributed by atoms with E-state index in [-0.39, 0.29) is 5.91 Å². The fourth-order valence-corrected chi connectivity index (χ4v) is 1.87. The maximum Gasteiger partial charge on any atom is 0.236 e. The van der Waals surface area contributed by atoms with E-state index in [1.165, 1.54) is 0 Å². The molecule has 0 atom stereocenters. The van der Waals surface area contributed by atoms with Gasteiger partial charge in [-0.15, -0.1) is 0 Å². The van der Waals surface area contributed by atoms with Crippen LogP contribution in [-0.4, -0.2) is 31.4 Å². The minimum Gasteiger partial charge on any atom is -0.348 e. The van der Waals surface area contributed by atoms with Crippen LogP contribution in [0.4, 0.5) is 0 Å². The van der Waals surface area contributed by atoms with Crippen molar-refractivity contribution < 1.29 is 4.79 Å². The summed E-state index contributed by atoms with van der Waals surface area (Å²) in [4.78, 5) is 12.8. The Morgan fingerprint density at radius 3 is 2.75 bits per heavy atom. The summed E-state index contributed by atoms with van der Waals surface area (Å²) in [5, 5.41) is 3.75. The van der Waals surface area contributed by atoms with Crippen molar-refractivity contribution >= 4 is 33.4 Å². The van der Waals surface area contributed by atoms with Gasteiger partial charge in [0, 0.05) is 30.1 Å². The number of carbonyl (C=O) groups is 1. The summed E-state index contributed by atoms with van der Waals surface area (Å²) in [5.74, 6) is 0.0493. The van der Waals surface area contributed by atoms with E-state index in [1.54, 1.807) is 19.0 Å². The number of halogens is 2. The number of benzene rings is 1. The highest BCUT2D eigenvalue weighted by atomic mass is 79.9. The third-order valence-corrected chi connectivity index (χ3v) is 2.95. The molecule has 0 aliphatic carbocycles. The number of nitrogens with one attached hydrogen (secondary N) is 1. The minimum atomic E-state index is 0.0493. The molecule has 1 rings (SSSR count). The molecule has 0 saturated heterocycles. The van der Waals surface area contributed by atoms with E-state index >= 15 is 0 Å². The van der Waals surface area contributed by atoms with Crippen LogP contribution in [0.25, 0.3) is 0 Å². The van der Waals surface area contributed by atoms with E-state index in [0.29, 0.717) is 18.1 Å². The molecule has 0 radical (unpaired) electrons. The molecule has 5 heteroatoms. The molecular weight excluding hydrogens is 291 g/mol. The lowest BCUT2D eigenvalue weighted by molar-refractivity contribution is -0.127. The first-order valence-electron chi connectivity index (χ1n) is 4.85. The molecule has 0 unspecified atom stereocenters. The van der Waals surface area contributed by atoms with Crippen molar-refractivity contribution in [1.29, 1.82) is 0 Å². The van der Waals surface area contributed by atoms with Gasteiger partial charge in [-0.2, -0.15) is 0 Å². The molecule has 0 aromatic heterocycles. The van der Waals surface area contributed by atoms with Gasteiger partial charge in [-0.25, -0.2) is 0 Å². The molecule has 0 bridgehead atoms. The van der Waals surface area contributed by atoms with Gasteiger partial charge < -0.3 is 10.2 Å². The van der Waals surface area contributed by atoms with E-state index in [1.807, 2.05) is 18.2 Å². The van der Waals surface area contributed by atoms with Crippen LogP contribution in [0.2, 0.25) is 5.02 Å². The Morgan fingerprint density at radius 2 is 2.19 bits per heavy atom. The standard InChI is InChI=1S/C11H14BrClN2O/c1-15(2)11(16)7-14-6-8-3-4-9(12)5-10(8)13/h3-5,14H,6-7H2,1-2H3. The predicted octanol–water partition coefficient (Wildman–Crippen LogP) is 2.28. The Kier molecular flexibility index (Phi) is 5.25. The van der Waals surface area contributed by atoms with Crippen LogP contribution < -0.4 is 5.32 Å². The average molecular weight is 306 g/mol. The Labute approximate surface area is 109 Å². The first-order chi connectivity index (χ1) is 7.50. The molecule has 0 fully saturated rings. The molecule has 1 N–H and O–H groups in total. The third kappa shape index (κ3) is 4.12. The molecule has 1 amide bonds. The van der Waals surface area contributed by atoms with Crippen molar-refractivity contribution in [2.24, 2.45) is 0 Å². The van der Waals surface area contributed by atoms with Gasteiger partial charge in [0.05, 0.1) is 6.54 Å². The van der Waals surface area contributed by atoms with Crippen molar-refractivity contribution in [2.75, 3.05) is 20.6 Å². The molecule has 0 heterocycles. The molecular formula is C11H14BrClN2O. The smallest absolute Gasteiger partial charge is 0.236 e. The SMILES string of the molecule is CN(C)C(=O)CNCc1ccc(Br)cc1Cl. The third-order valence-electron chi connectivity index (χ3n) is 2.11. The van der Waals surface area contributed by atoms with Gasteiger partial charge >= 0.3 is 0 Å². The lowest BCUT2D eigenvalue weighted by Crippen LogP contribution is -2.32. The molecule has 1 aromatic carbocycles. The zero-order valence-corrected chi connectivity index (χ0v) is 11.6. The van der Waals surface area contributed by atoms with E-state index in [4.69, 9.17) is 11.6 Å². The number of likely N-dealkylation sites (N-methyl/N-ethyl adjacent to an activating group) is 1. The van der Waals surface area contributed by atoms with Crippen LogP contribution in [0.1, 0.15) is 5.56 Å². The van der Waals surface area contributed by atoms with Crippen LogP contribution in [0.5, 0.6) is 0 Å². The van der Waals surface area contributed by atoms with Crippen LogP contribution in [-0.2, 0) is 11.3 Å². The van der Waals surface area contributed by atoms with Gasteiger partial charge in [0.2, 0.25) is 5.91 Å². The Balaban J connectivity index is 2.46. The Morgan fingerprint density at radius 1 is 1.50 bits per heavy atom.